The van der Waals surface area contributed by atoms with E-state index in [4.69, 9.17) is 4.74 Å². The number of ether oxygens (including phenoxy) is 1. The first-order valence-electron chi connectivity index (χ1n) is 7.12. The van der Waals surface area contributed by atoms with Crippen LogP contribution in [0, 0.1) is 5.41 Å². The fourth-order valence-electron chi connectivity index (χ4n) is 3.08. The van der Waals surface area contributed by atoms with E-state index in [0.29, 0.717) is 12.2 Å². The predicted octanol–water partition coefficient (Wildman–Crippen LogP) is 2.11. The lowest BCUT2D eigenvalue weighted by Gasteiger charge is -2.36. The molecule has 1 amide bonds. The summed E-state index contributed by atoms with van der Waals surface area (Å²) in [5.41, 5.74) is 0.768. The number of hydrogen-bond donors (Lipinski definition) is 0. The number of rotatable bonds is 3. The second-order valence-electron chi connectivity index (χ2n) is 5.97. The van der Waals surface area contributed by atoms with Gasteiger partial charge in [0.25, 0.3) is 0 Å². The van der Waals surface area contributed by atoms with Crippen molar-refractivity contribution in [3.8, 4) is 0 Å². The third kappa shape index (κ3) is 2.44. The summed E-state index contributed by atoms with van der Waals surface area (Å²) < 4.78 is 5.21. The minimum atomic E-state index is -0.700. The van der Waals surface area contributed by atoms with Crippen molar-refractivity contribution in [1.82, 2.24) is 4.90 Å². The van der Waals surface area contributed by atoms with Gasteiger partial charge in [0.1, 0.15) is 0 Å². The fourth-order valence-corrected chi connectivity index (χ4v) is 3.08. The van der Waals surface area contributed by atoms with E-state index in [1.807, 2.05) is 24.8 Å². The number of carbonyl (C=O) groups excluding carboxylic acids is 2. The summed E-state index contributed by atoms with van der Waals surface area (Å²) in [4.78, 5) is 26.6. The molecule has 1 saturated heterocycles. The molecule has 110 valence electrons. The number of likely N-dealkylation sites (tertiary alicyclic amines) is 1. The van der Waals surface area contributed by atoms with Crippen LogP contribution in [0.15, 0.2) is 23.3 Å². The number of amides is 1. The van der Waals surface area contributed by atoms with Gasteiger partial charge in [-0.15, -0.1) is 0 Å². The normalized spacial score (nSPS) is 30.3. The largest absolute Gasteiger partial charge is 0.383 e. The van der Waals surface area contributed by atoms with Crippen molar-refractivity contribution < 1.29 is 14.3 Å². The van der Waals surface area contributed by atoms with E-state index in [-0.39, 0.29) is 17.7 Å². The Morgan fingerprint density at radius 1 is 1.50 bits per heavy atom. The van der Waals surface area contributed by atoms with Gasteiger partial charge >= 0.3 is 0 Å². The van der Waals surface area contributed by atoms with Crippen LogP contribution in [0.2, 0.25) is 0 Å². The molecule has 1 aliphatic carbocycles. The average molecular weight is 277 g/mol. The smallest absolute Gasteiger partial charge is 0.236 e. The van der Waals surface area contributed by atoms with Gasteiger partial charge in [-0.1, -0.05) is 11.6 Å². The van der Waals surface area contributed by atoms with Gasteiger partial charge < -0.3 is 9.64 Å². The minimum Gasteiger partial charge on any atom is -0.383 e. The highest BCUT2D eigenvalue weighted by molar-refractivity contribution is 6.07. The van der Waals surface area contributed by atoms with Crippen molar-refractivity contribution in [2.24, 2.45) is 5.41 Å². The Kier molecular flexibility index (Phi) is 4.14. The first kappa shape index (κ1) is 15.0. The zero-order chi connectivity index (χ0) is 14.9. The van der Waals surface area contributed by atoms with Gasteiger partial charge in [-0.3, -0.25) is 9.59 Å². The number of allylic oxidation sites excluding steroid dienone is 2. The zero-order valence-corrected chi connectivity index (χ0v) is 12.7. The lowest BCUT2D eigenvalue weighted by atomic mass is 9.75. The second-order valence-corrected chi connectivity index (χ2v) is 5.97. The summed E-state index contributed by atoms with van der Waals surface area (Å²) in [5, 5.41) is 0. The van der Waals surface area contributed by atoms with Crippen LogP contribution >= 0.6 is 0 Å². The lowest BCUT2D eigenvalue weighted by Crippen LogP contribution is -2.47. The standard InChI is InChI=1S/C16H23NO3/c1-11-9-16(3,12(2)8-14(11)18)15(19)17-7-5-6-13(17)10-20-4/h8-9,13H,5-7,10H2,1-4H3/t13-,16-/m0/s1. The van der Waals surface area contributed by atoms with E-state index in [9.17, 15) is 9.59 Å². The lowest BCUT2D eigenvalue weighted by molar-refractivity contribution is -0.138. The molecule has 4 heteroatoms. The van der Waals surface area contributed by atoms with E-state index < -0.39 is 5.41 Å². The molecule has 1 aliphatic heterocycles. The molecule has 0 radical (unpaired) electrons. The summed E-state index contributed by atoms with van der Waals surface area (Å²) in [7, 11) is 1.66. The molecular formula is C16H23NO3. The summed E-state index contributed by atoms with van der Waals surface area (Å²) >= 11 is 0. The maximum Gasteiger partial charge on any atom is 0.236 e. The van der Waals surface area contributed by atoms with Gasteiger partial charge in [-0.2, -0.15) is 0 Å². The van der Waals surface area contributed by atoms with Gasteiger partial charge in [0.15, 0.2) is 5.78 Å². The molecule has 0 aromatic rings. The summed E-state index contributed by atoms with van der Waals surface area (Å²) in [6.07, 6.45) is 5.41. The van der Waals surface area contributed by atoms with Crippen molar-refractivity contribution in [3.05, 3.63) is 23.3 Å². The van der Waals surface area contributed by atoms with E-state index in [1.54, 1.807) is 20.1 Å². The molecule has 0 aromatic carbocycles. The topological polar surface area (TPSA) is 46.6 Å². The van der Waals surface area contributed by atoms with Crippen molar-refractivity contribution in [2.45, 2.75) is 39.7 Å². The predicted molar refractivity (Wildman–Crippen MR) is 77.2 cm³/mol. The van der Waals surface area contributed by atoms with Crippen molar-refractivity contribution in [1.29, 1.82) is 0 Å². The maximum absolute atomic E-state index is 12.9. The molecule has 1 fully saturated rings. The van der Waals surface area contributed by atoms with Crippen LogP contribution in [0.25, 0.3) is 0 Å². The third-order valence-electron chi connectivity index (χ3n) is 4.50. The van der Waals surface area contributed by atoms with Crippen LogP contribution in [0.1, 0.15) is 33.6 Å². The monoisotopic (exact) mass is 277 g/mol. The van der Waals surface area contributed by atoms with Crippen LogP contribution in [0.3, 0.4) is 0 Å². The molecule has 2 aliphatic rings. The molecule has 0 bridgehead atoms. The van der Waals surface area contributed by atoms with E-state index in [1.165, 1.54) is 0 Å². The number of carbonyl (C=O) groups is 2. The van der Waals surface area contributed by atoms with E-state index >= 15 is 0 Å². The molecule has 0 saturated carbocycles. The molecule has 0 N–H and O–H groups in total. The van der Waals surface area contributed by atoms with Crippen molar-refractivity contribution >= 4 is 11.7 Å². The fraction of sp³-hybridized carbons (Fsp3) is 0.625. The molecule has 4 nitrogen and oxygen atoms in total. The number of nitrogens with zero attached hydrogens (tertiary/aromatic N) is 1. The number of methoxy groups -OCH3 is 1. The molecule has 0 aromatic heterocycles. The quantitative estimate of drug-likeness (QED) is 0.793. The summed E-state index contributed by atoms with van der Waals surface area (Å²) in [6.45, 7) is 6.88. The van der Waals surface area contributed by atoms with Crippen molar-refractivity contribution in [3.63, 3.8) is 0 Å². The highest BCUT2D eigenvalue weighted by Crippen LogP contribution is 2.37. The molecule has 0 spiro atoms. The van der Waals surface area contributed by atoms with Crippen LogP contribution < -0.4 is 0 Å². The first-order valence-corrected chi connectivity index (χ1v) is 7.12. The van der Waals surface area contributed by atoms with Crippen LogP contribution in [-0.2, 0) is 14.3 Å². The van der Waals surface area contributed by atoms with Gasteiger partial charge in [0.2, 0.25) is 5.91 Å². The molecule has 2 rings (SSSR count). The Labute approximate surface area is 120 Å². The SMILES string of the molecule is COC[C@@H]1CCCN1C(=O)[C@@]1(C)C=C(C)C(=O)C=C1C. The number of ketones is 1. The maximum atomic E-state index is 12.9. The highest BCUT2D eigenvalue weighted by atomic mass is 16.5. The minimum absolute atomic E-state index is 0.00244. The summed E-state index contributed by atoms with van der Waals surface area (Å²) in [6, 6.07) is 0.156. The Hall–Kier alpha value is -1.42. The third-order valence-corrected chi connectivity index (χ3v) is 4.50. The molecule has 0 unspecified atom stereocenters. The highest BCUT2D eigenvalue weighted by Gasteiger charge is 2.42. The van der Waals surface area contributed by atoms with Crippen LogP contribution in [0.4, 0.5) is 0 Å². The van der Waals surface area contributed by atoms with Gasteiger partial charge in [0, 0.05) is 13.7 Å². The molecule has 1 heterocycles. The Bertz CT molecular complexity index is 492. The van der Waals surface area contributed by atoms with Crippen LogP contribution in [0.5, 0.6) is 0 Å². The van der Waals surface area contributed by atoms with Crippen molar-refractivity contribution in [2.75, 3.05) is 20.3 Å². The Balaban J connectivity index is 2.28. The van der Waals surface area contributed by atoms with Gasteiger partial charge in [-0.05, 0) is 45.3 Å². The molecular weight excluding hydrogens is 254 g/mol. The van der Waals surface area contributed by atoms with E-state index in [2.05, 4.69) is 0 Å². The zero-order valence-electron chi connectivity index (χ0n) is 12.7. The molecule has 20 heavy (non-hydrogen) atoms. The number of hydrogen-bond acceptors (Lipinski definition) is 3. The van der Waals surface area contributed by atoms with Gasteiger partial charge in [0.05, 0.1) is 18.1 Å². The second kappa shape index (κ2) is 5.52. The Morgan fingerprint density at radius 2 is 2.20 bits per heavy atom. The Morgan fingerprint density at radius 3 is 2.85 bits per heavy atom. The van der Waals surface area contributed by atoms with E-state index in [0.717, 1.165) is 25.0 Å². The van der Waals surface area contributed by atoms with Gasteiger partial charge in [-0.25, -0.2) is 0 Å². The summed E-state index contributed by atoms with van der Waals surface area (Å²) in [5.74, 6) is 0.0836. The molecule has 2 atom stereocenters. The first-order chi connectivity index (χ1) is 9.40. The average Bonchev–Trinajstić information content (AvgIpc) is 2.84. The van der Waals surface area contributed by atoms with Crippen LogP contribution in [-0.4, -0.2) is 42.9 Å².